The number of nitrogen functional groups attached to an aromatic ring is 1. The summed E-state index contributed by atoms with van der Waals surface area (Å²) in [5, 5.41) is 0. The summed E-state index contributed by atoms with van der Waals surface area (Å²) >= 11 is 0. The fraction of sp³-hybridized carbons (Fsp3) is 0.545. The van der Waals surface area contributed by atoms with Gasteiger partial charge in [0.15, 0.2) is 0 Å². The van der Waals surface area contributed by atoms with Crippen LogP contribution in [0.1, 0.15) is 30.5 Å². The predicted molar refractivity (Wildman–Crippen MR) is 61.4 cm³/mol. The van der Waals surface area contributed by atoms with Crippen molar-refractivity contribution in [2.45, 2.75) is 26.3 Å². The molecular weight excluding hydrogens is 190 g/mol. The number of aryl methyl sites for hydroxylation is 1. The zero-order chi connectivity index (χ0) is 11.3. The zero-order valence-electron chi connectivity index (χ0n) is 9.36. The van der Waals surface area contributed by atoms with Crippen LogP contribution in [-0.2, 0) is 4.74 Å². The Kier molecular flexibility index (Phi) is 4.52. The number of aromatic nitrogens is 1. The van der Waals surface area contributed by atoms with Crippen LogP contribution in [0.3, 0.4) is 0 Å². The summed E-state index contributed by atoms with van der Waals surface area (Å²) in [7, 11) is 0. The largest absolute Gasteiger partial charge is 0.383 e. The molecule has 0 fully saturated rings. The van der Waals surface area contributed by atoms with Crippen LogP contribution in [0.25, 0.3) is 0 Å². The lowest BCUT2D eigenvalue weighted by Gasteiger charge is -2.15. The van der Waals surface area contributed by atoms with Gasteiger partial charge in [0, 0.05) is 31.0 Å². The highest BCUT2D eigenvalue weighted by atomic mass is 16.5. The van der Waals surface area contributed by atoms with E-state index in [2.05, 4.69) is 4.98 Å². The lowest BCUT2D eigenvalue weighted by atomic mass is 10.0. The number of nitrogens with zero attached hydrogens (tertiary/aromatic N) is 1. The molecule has 0 aromatic carbocycles. The van der Waals surface area contributed by atoms with Crippen LogP contribution in [0, 0.1) is 6.92 Å². The average molecular weight is 209 g/mol. The molecule has 15 heavy (non-hydrogen) atoms. The van der Waals surface area contributed by atoms with Gasteiger partial charge in [0.25, 0.3) is 0 Å². The normalized spacial score (nSPS) is 12.7. The molecule has 0 bridgehead atoms. The van der Waals surface area contributed by atoms with Crippen molar-refractivity contribution in [3.8, 4) is 0 Å². The second-order valence-corrected chi connectivity index (χ2v) is 3.52. The molecule has 0 spiro atoms. The Bertz CT molecular complexity index is 294. The second-order valence-electron chi connectivity index (χ2n) is 3.52. The van der Waals surface area contributed by atoms with E-state index in [1.165, 1.54) is 0 Å². The van der Waals surface area contributed by atoms with Crippen LogP contribution in [0.5, 0.6) is 0 Å². The van der Waals surface area contributed by atoms with Crippen LogP contribution >= 0.6 is 0 Å². The van der Waals surface area contributed by atoms with E-state index in [4.69, 9.17) is 16.2 Å². The molecule has 0 radical (unpaired) electrons. The highest BCUT2D eigenvalue weighted by Crippen LogP contribution is 2.22. The Labute approximate surface area is 90.6 Å². The molecule has 1 unspecified atom stereocenters. The van der Waals surface area contributed by atoms with Crippen LogP contribution in [0.4, 0.5) is 5.82 Å². The first kappa shape index (κ1) is 11.9. The van der Waals surface area contributed by atoms with Crippen molar-refractivity contribution in [3.05, 3.63) is 23.4 Å². The lowest BCUT2D eigenvalue weighted by Crippen LogP contribution is -2.17. The number of nitrogens with two attached hydrogens (primary N) is 2. The molecule has 1 rings (SSSR count). The van der Waals surface area contributed by atoms with Crippen molar-refractivity contribution in [1.29, 1.82) is 0 Å². The van der Waals surface area contributed by atoms with Gasteiger partial charge in [0.1, 0.15) is 5.82 Å². The van der Waals surface area contributed by atoms with Crippen LogP contribution in [0.2, 0.25) is 0 Å². The number of anilines is 1. The van der Waals surface area contributed by atoms with Crippen LogP contribution < -0.4 is 11.5 Å². The summed E-state index contributed by atoms with van der Waals surface area (Å²) in [5.74, 6) is 0.527. The number of ether oxygens (including phenoxy) is 1. The maximum Gasteiger partial charge on any atom is 0.128 e. The van der Waals surface area contributed by atoms with Gasteiger partial charge in [-0.15, -0.1) is 0 Å². The Hall–Kier alpha value is -1.13. The summed E-state index contributed by atoms with van der Waals surface area (Å²) in [6.45, 7) is 5.34. The lowest BCUT2D eigenvalue weighted by molar-refractivity contribution is 0.140. The van der Waals surface area contributed by atoms with Gasteiger partial charge in [-0.2, -0.15) is 0 Å². The van der Waals surface area contributed by atoms with Crippen LogP contribution in [0.15, 0.2) is 12.3 Å². The van der Waals surface area contributed by atoms with Gasteiger partial charge in [-0.05, 0) is 31.9 Å². The fourth-order valence-corrected chi connectivity index (χ4v) is 1.57. The molecule has 4 N–H and O–H groups in total. The molecule has 0 saturated heterocycles. The number of rotatable bonds is 5. The van der Waals surface area contributed by atoms with Crippen molar-refractivity contribution in [2.24, 2.45) is 5.73 Å². The molecule has 4 nitrogen and oxygen atoms in total. The van der Waals surface area contributed by atoms with E-state index in [1.807, 2.05) is 19.9 Å². The van der Waals surface area contributed by atoms with E-state index in [1.54, 1.807) is 6.20 Å². The molecule has 1 aromatic rings. The molecule has 1 atom stereocenters. The van der Waals surface area contributed by atoms with Crippen molar-refractivity contribution in [1.82, 2.24) is 4.98 Å². The molecule has 0 aliphatic heterocycles. The smallest absolute Gasteiger partial charge is 0.128 e. The third-order valence-corrected chi connectivity index (χ3v) is 2.39. The quantitative estimate of drug-likeness (QED) is 0.719. The van der Waals surface area contributed by atoms with E-state index >= 15 is 0 Å². The maximum atomic E-state index is 6.04. The van der Waals surface area contributed by atoms with Crippen molar-refractivity contribution in [2.75, 3.05) is 18.9 Å². The maximum absolute atomic E-state index is 6.04. The van der Waals surface area contributed by atoms with E-state index in [0.717, 1.165) is 17.5 Å². The number of hydrogen-bond donors (Lipinski definition) is 2. The second kappa shape index (κ2) is 5.68. The van der Waals surface area contributed by atoms with E-state index in [-0.39, 0.29) is 6.04 Å². The molecule has 4 heteroatoms. The average Bonchev–Trinajstić information content (AvgIpc) is 2.18. The van der Waals surface area contributed by atoms with Gasteiger partial charge in [0.2, 0.25) is 0 Å². The number of pyridine rings is 1. The first-order valence-corrected chi connectivity index (χ1v) is 5.21. The molecule has 0 aliphatic rings. The van der Waals surface area contributed by atoms with Gasteiger partial charge in [-0.1, -0.05) is 0 Å². The Morgan fingerprint density at radius 2 is 2.27 bits per heavy atom. The summed E-state index contributed by atoms with van der Waals surface area (Å²) < 4.78 is 5.26. The summed E-state index contributed by atoms with van der Waals surface area (Å²) in [6, 6.07) is 1.83. The molecular formula is C11H19N3O. The predicted octanol–water partition coefficient (Wildman–Crippen LogP) is 1.40. The van der Waals surface area contributed by atoms with Crippen molar-refractivity contribution < 1.29 is 4.74 Å². The minimum absolute atomic E-state index is 0.0924. The molecule has 1 heterocycles. The third-order valence-electron chi connectivity index (χ3n) is 2.39. The van der Waals surface area contributed by atoms with E-state index in [0.29, 0.717) is 19.0 Å². The Balaban J connectivity index is 2.68. The van der Waals surface area contributed by atoms with Gasteiger partial charge in [-0.3, -0.25) is 0 Å². The third kappa shape index (κ3) is 3.18. The highest BCUT2D eigenvalue weighted by molar-refractivity contribution is 5.45. The molecule has 0 amide bonds. The topological polar surface area (TPSA) is 74.2 Å². The first-order valence-electron chi connectivity index (χ1n) is 5.21. The summed E-state index contributed by atoms with van der Waals surface area (Å²) in [6.07, 6.45) is 2.47. The Morgan fingerprint density at radius 1 is 1.53 bits per heavy atom. The first-order chi connectivity index (χ1) is 7.16. The molecule has 0 saturated carbocycles. The highest BCUT2D eigenvalue weighted by Gasteiger charge is 2.12. The van der Waals surface area contributed by atoms with Crippen LogP contribution in [-0.4, -0.2) is 18.2 Å². The van der Waals surface area contributed by atoms with E-state index < -0.39 is 0 Å². The van der Waals surface area contributed by atoms with Crippen molar-refractivity contribution in [3.63, 3.8) is 0 Å². The van der Waals surface area contributed by atoms with Gasteiger partial charge < -0.3 is 16.2 Å². The molecule has 0 aliphatic carbocycles. The summed E-state index contributed by atoms with van der Waals surface area (Å²) in [4.78, 5) is 4.05. The minimum Gasteiger partial charge on any atom is -0.383 e. The zero-order valence-corrected chi connectivity index (χ0v) is 9.36. The Morgan fingerprint density at radius 3 is 2.87 bits per heavy atom. The van der Waals surface area contributed by atoms with Gasteiger partial charge >= 0.3 is 0 Å². The van der Waals surface area contributed by atoms with E-state index in [9.17, 15) is 0 Å². The van der Waals surface area contributed by atoms with Gasteiger partial charge in [-0.25, -0.2) is 4.98 Å². The summed E-state index contributed by atoms with van der Waals surface area (Å²) in [5.41, 5.74) is 13.9. The number of hydrogen-bond acceptors (Lipinski definition) is 4. The van der Waals surface area contributed by atoms with Gasteiger partial charge in [0.05, 0.1) is 0 Å². The minimum atomic E-state index is -0.0924. The standard InChI is InChI=1S/C11H19N3O/c1-3-15-7-5-9(12)10-8(2)4-6-14-11(10)13/h4,6,9H,3,5,7,12H2,1-2H3,(H2,13,14). The molecule has 1 aromatic heterocycles. The molecule has 84 valence electrons. The fourth-order valence-electron chi connectivity index (χ4n) is 1.57. The monoisotopic (exact) mass is 209 g/mol. The van der Waals surface area contributed by atoms with Crippen molar-refractivity contribution >= 4 is 5.82 Å². The SMILES string of the molecule is CCOCCC(N)c1c(C)ccnc1N.